The van der Waals surface area contributed by atoms with Gasteiger partial charge in [0.15, 0.2) is 11.5 Å². The van der Waals surface area contributed by atoms with Gasteiger partial charge in [0.1, 0.15) is 18.9 Å². The molecule has 142 valence electrons. The van der Waals surface area contributed by atoms with Gasteiger partial charge in [-0.25, -0.2) is 0 Å². The number of fused-ring (bicyclic) bond motifs is 2. The number of carbonyl (C=O) groups is 1. The van der Waals surface area contributed by atoms with E-state index in [1.165, 1.54) is 0 Å². The molecule has 2 aliphatic heterocycles. The van der Waals surface area contributed by atoms with Crippen LogP contribution in [0.2, 0.25) is 0 Å². The molecule has 0 saturated carbocycles. The van der Waals surface area contributed by atoms with Crippen molar-refractivity contribution in [2.75, 3.05) is 24.7 Å². The number of carbonyl (C=O) groups excluding carboxylic acids is 1. The molecule has 1 unspecified atom stereocenters. The molecule has 3 aromatic rings. The summed E-state index contributed by atoms with van der Waals surface area (Å²) in [5.74, 6) is 1.32. The van der Waals surface area contributed by atoms with Crippen molar-refractivity contribution in [2.24, 2.45) is 0 Å². The Morgan fingerprint density at radius 3 is 2.75 bits per heavy atom. The van der Waals surface area contributed by atoms with Crippen molar-refractivity contribution in [1.29, 1.82) is 0 Å². The van der Waals surface area contributed by atoms with Crippen molar-refractivity contribution in [2.45, 2.75) is 19.9 Å². The first-order valence-electron chi connectivity index (χ1n) is 9.34. The second kappa shape index (κ2) is 6.37. The van der Waals surface area contributed by atoms with Gasteiger partial charge in [0.05, 0.1) is 12.2 Å². The van der Waals surface area contributed by atoms with Crippen LogP contribution in [0.4, 0.5) is 5.69 Å². The number of hydrogen-bond donors (Lipinski definition) is 0. The Bertz CT molecular complexity index is 1080. The van der Waals surface area contributed by atoms with Gasteiger partial charge in [-0.1, -0.05) is 0 Å². The van der Waals surface area contributed by atoms with Crippen LogP contribution in [0.25, 0.3) is 11.1 Å². The van der Waals surface area contributed by atoms with Gasteiger partial charge in [0.2, 0.25) is 0 Å². The smallest absolute Gasteiger partial charge is 0.277 e. The van der Waals surface area contributed by atoms with Crippen molar-refractivity contribution < 1.29 is 14.3 Å². The number of rotatable bonds is 2. The molecule has 1 atom stereocenters. The minimum atomic E-state index is -0.0725. The molecule has 1 aromatic carbocycles. The summed E-state index contributed by atoms with van der Waals surface area (Å²) in [4.78, 5) is 19.5. The average Bonchev–Trinajstić information content (AvgIpc) is 3.16. The first-order chi connectivity index (χ1) is 13.6. The molecule has 0 radical (unpaired) electrons. The number of ether oxygens (including phenoxy) is 2. The molecule has 5 rings (SSSR count). The van der Waals surface area contributed by atoms with Crippen molar-refractivity contribution in [3.63, 3.8) is 0 Å². The summed E-state index contributed by atoms with van der Waals surface area (Å²) in [6, 6.07) is 9.57. The molecule has 28 heavy (non-hydrogen) atoms. The number of benzene rings is 1. The van der Waals surface area contributed by atoms with Crippen molar-refractivity contribution in [3.05, 3.63) is 54.1 Å². The molecule has 0 spiro atoms. The number of anilines is 1. The van der Waals surface area contributed by atoms with Gasteiger partial charge in [0, 0.05) is 35.8 Å². The SMILES string of the molecule is Cc1cc(-c2cnn3c2C(=O)N(c2ccc4c(c2)OCCO4)CC3C)ccn1. The highest BCUT2D eigenvalue weighted by atomic mass is 16.6. The van der Waals surface area contributed by atoms with Crippen LogP contribution in [0.3, 0.4) is 0 Å². The maximum atomic E-state index is 13.4. The fourth-order valence-corrected chi connectivity index (χ4v) is 3.81. The van der Waals surface area contributed by atoms with Crippen molar-refractivity contribution in [3.8, 4) is 22.6 Å². The van der Waals surface area contributed by atoms with Crippen LogP contribution in [0.1, 0.15) is 29.1 Å². The summed E-state index contributed by atoms with van der Waals surface area (Å²) in [5.41, 5.74) is 4.06. The second-order valence-electron chi connectivity index (χ2n) is 7.13. The third-order valence-electron chi connectivity index (χ3n) is 5.15. The lowest BCUT2D eigenvalue weighted by molar-refractivity contribution is 0.0954. The summed E-state index contributed by atoms with van der Waals surface area (Å²) in [6.07, 6.45) is 3.52. The van der Waals surface area contributed by atoms with E-state index in [9.17, 15) is 4.79 Å². The van der Waals surface area contributed by atoms with E-state index in [2.05, 4.69) is 17.0 Å². The standard InChI is InChI=1S/C21H20N4O3/c1-13-9-15(5-6-22-13)17-11-23-25-14(2)12-24(21(26)20(17)25)16-3-4-18-19(10-16)28-8-7-27-18/h3-6,9-11,14H,7-8,12H2,1-2H3. The summed E-state index contributed by atoms with van der Waals surface area (Å²) in [5, 5.41) is 4.50. The predicted octanol–water partition coefficient (Wildman–Crippen LogP) is 3.25. The number of nitrogens with zero attached hydrogens (tertiary/aromatic N) is 4. The van der Waals surface area contributed by atoms with Gasteiger partial charge in [-0.2, -0.15) is 5.10 Å². The van der Waals surface area contributed by atoms with Gasteiger partial charge in [-0.15, -0.1) is 0 Å². The van der Waals surface area contributed by atoms with Crippen molar-refractivity contribution >= 4 is 11.6 Å². The van der Waals surface area contributed by atoms with E-state index in [0.717, 1.165) is 22.5 Å². The molecular formula is C21H20N4O3. The number of amides is 1. The molecule has 7 heteroatoms. The zero-order valence-electron chi connectivity index (χ0n) is 15.8. The number of aromatic nitrogens is 3. The molecule has 0 aliphatic carbocycles. The van der Waals surface area contributed by atoms with Gasteiger partial charge < -0.3 is 14.4 Å². The van der Waals surface area contributed by atoms with Gasteiger partial charge >= 0.3 is 0 Å². The second-order valence-corrected chi connectivity index (χ2v) is 7.13. The van der Waals surface area contributed by atoms with Crippen LogP contribution >= 0.6 is 0 Å². The monoisotopic (exact) mass is 376 g/mol. The highest BCUT2D eigenvalue weighted by molar-refractivity contribution is 6.10. The lowest BCUT2D eigenvalue weighted by Crippen LogP contribution is -2.42. The molecular weight excluding hydrogens is 356 g/mol. The van der Waals surface area contributed by atoms with E-state index < -0.39 is 0 Å². The molecule has 4 heterocycles. The number of pyridine rings is 1. The zero-order chi connectivity index (χ0) is 19.3. The predicted molar refractivity (Wildman–Crippen MR) is 104 cm³/mol. The minimum absolute atomic E-state index is 0.0533. The Labute approximate surface area is 162 Å². The van der Waals surface area contributed by atoms with E-state index in [1.807, 2.05) is 41.9 Å². The topological polar surface area (TPSA) is 69.5 Å². The molecule has 1 amide bonds. The van der Waals surface area contributed by atoms with Gasteiger partial charge in [0.25, 0.3) is 5.91 Å². The molecule has 0 fully saturated rings. The van der Waals surface area contributed by atoms with Crippen LogP contribution in [0, 0.1) is 6.92 Å². The van der Waals surface area contributed by atoms with E-state index in [-0.39, 0.29) is 11.9 Å². The molecule has 0 N–H and O–H groups in total. The zero-order valence-corrected chi connectivity index (χ0v) is 15.8. The Balaban J connectivity index is 1.57. The molecule has 2 aliphatic rings. The number of hydrogen-bond acceptors (Lipinski definition) is 5. The van der Waals surface area contributed by atoms with Crippen LogP contribution in [0.5, 0.6) is 11.5 Å². The summed E-state index contributed by atoms with van der Waals surface area (Å²) < 4.78 is 13.1. The largest absolute Gasteiger partial charge is 0.486 e. The highest BCUT2D eigenvalue weighted by Crippen LogP contribution is 2.37. The third kappa shape index (κ3) is 2.62. The Morgan fingerprint density at radius 2 is 1.93 bits per heavy atom. The number of aryl methyl sites for hydroxylation is 1. The summed E-state index contributed by atoms with van der Waals surface area (Å²) in [7, 11) is 0. The quantitative estimate of drug-likeness (QED) is 0.687. The average molecular weight is 376 g/mol. The van der Waals surface area contributed by atoms with Gasteiger partial charge in [-0.05, 0) is 43.7 Å². The first kappa shape index (κ1) is 16.8. The van der Waals surface area contributed by atoms with Crippen LogP contribution < -0.4 is 14.4 Å². The lowest BCUT2D eigenvalue weighted by atomic mass is 10.0. The summed E-state index contributed by atoms with van der Waals surface area (Å²) >= 11 is 0. The third-order valence-corrected chi connectivity index (χ3v) is 5.15. The van der Waals surface area contributed by atoms with Gasteiger partial charge in [-0.3, -0.25) is 14.5 Å². The summed E-state index contributed by atoms with van der Waals surface area (Å²) in [6.45, 7) is 5.60. The maximum Gasteiger partial charge on any atom is 0.277 e. The molecule has 2 aromatic heterocycles. The molecule has 0 bridgehead atoms. The fraction of sp³-hybridized carbons (Fsp3) is 0.286. The fourth-order valence-electron chi connectivity index (χ4n) is 3.81. The molecule has 7 nitrogen and oxygen atoms in total. The van der Waals surface area contributed by atoms with E-state index >= 15 is 0 Å². The first-order valence-corrected chi connectivity index (χ1v) is 9.34. The Hall–Kier alpha value is -3.35. The normalized spacial score (nSPS) is 18.1. The van der Waals surface area contributed by atoms with Crippen LogP contribution in [-0.2, 0) is 0 Å². The maximum absolute atomic E-state index is 13.4. The lowest BCUT2D eigenvalue weighted by Gasteiger charge is -2.33. The van der Waals surface area contributed by atoms with Crippen LogP contribution in [-0.4, -0.2) is 40.4 Å². The van der Waals surface area contributed by atoms with Crippen LogP contribution in [0.15, 0.2) is 42.7 Å². The molecule has 0 saturated heterocycles. The Kier molecular flexibility index (Phi) is 3.82. The Morgan fingerprint density at radius 1 is 1.11 bits per heavy atom. The van der Waals surface area contributed by atoms with E-state index in [0.29, 0.717) is 37.0 Å². The highest BCUT2D eigenvalue weighted by Gasteiger charge is 2.34. The van der Waals surface area contributed by atoms with E-state index in [4.69, 9.17) is 9.47 Å². The van der Waals surface area contributed by atoms with Crippen molar-refractivity contribution in [1.82, 2.24) is 14.8 Å². The van der Waals surface area contributed by atoms with E-state index in [1.54, 1.807) is 17.3 Å². The minimum Gasteiger partial charge on any atom is -0.486 e.